The van der Waals surface area contributed by atoms with Crippen molar-refractivity contribution in [1.82, 2.24) is 14.9 Å². The minimum Gasteiger partial charge on any atom is -0.320 e. The molecule has 0 atom stereocenters. The number of sulfonamides is 1. The van der Waals surface area contributed by atoms with Gasteiger partial charge in [-0.15, -0.1) is 0 Å². The fourth-order valence-electron chi connectivity index (χ4n) is 0.956. The van der Waals surface area contributed by atoms with Crippen LogP contribution in [0, 0.1) is 0 Å². The molecule has 0 heterocycles. The van der Waals surface area contributed by atoms with Crippen molar-refractivity contribution in [2.45, 2.75) is 25.8 Å². The Morgan fingerprint density at radius 1 is 1.25 bits per heavy atom. The Morgan fingerprint density at radius 3 is 2.25 bits per heavy atom. The van der Waals surface area contributed by atoms with Crippen LogP contribution in [0.4, 0.5) is 0 Å². The number of hydrogen-bond acceptors (Lipinski definition) is 4. The maximum Gasteiger partial charge on any atom is 0.211 e. The molecule has 0 rings (SSSR count). The van der Waals surface area contributed by atoms with E-state index < -0.39 is 10.0 Å². The van der Waals surface area contributed by atoms with Gasteiger partial charge in [0.15, 0.2) is 0 Å². The second-order valence-electron chi connectivity index (χ2n) is 4.80. The highest BCUT2D eigenvalue weighted by atomic mass is 32.2. The summed E-state index contributed by atoms with van der Waals surface area (Å²) < 4.78 is 25.9. The molecule has 0 aromatic rings. The third-order valence-electron chi connectivity index (χ3n) is 2.78. The first-order valence-corrected chi connectivity index (χ1v) is 7.16. The molecule has 0 aliphatic rings. The van der Waals surface area contributed by atoms with Crippen LogP contribution in [0.1, 0.15) is 20.3 Å². The molecule has 0 bridgehead atoms. The molecule has 0 aromatic carbocycles. The van der Waals surface area contributed by atoms with E-state index in [1.165, 1.54) is 0 Å². The van der Waals surface area contributed by atoms with Crippen LogP contribution in [-0.4, -0.2) is 58.8 Å². The first kappa shape index (κ1) is 15.8. The van der Waals surface area contributed by atoms with Gasteiger partial charge < -0.3 is 10.2 Å². The summed E-state index contributed by atoms with van der Waals surface area (Å²) in [5, 5.41) is 2.93. The van der Waals surface area contributed by atoms with Gasteiger partial charge in [-0.3, -0.25) is 0 Å². The van der Waals surface area contributed by atoms with Crippen molar-refractivity contribution >= 4 is 10.0 Å². The van der Waals surface area contributed by atoms with Gasteiger partial charge in [0.2, 0.25) is 10.0 Å². The smallest absolute Gasteiger partial charge is 0.211 e. The van der Waals surface area contributed by atoms with Crippen LogP contribution in [0.5, 0.6) is 0 Å². The maximum atomic E-state index is 11.6. The summed E-state index contributed by atoms with van der Waals surface area (Å²) in [5.74, 6) is 0.178. The van der Waals surface area contributed by atoms with Gasteiger partial charge in [-0.25, -0.2) is 13.1 Å². The lowest BCUT2D eigenvalue weighted by Gasteiger charge is -2.32. The zero-order valence-corrected chi connectivity index (χ0v) is 11.8. The van der Waals surface area contributed by atoms with Gasteiger partial charge in [-0.2, -0.15) is 0 Å². The molecule has 0 saturated heterocycles. The van der Waals surface area contributed by atoms with E-state index in [0.29, 0.717) is 13.0 Å². The molecule has 2 N–H and O–H groups in total. The van der Waals surface area contributed by atoms with Gasteiger partial charge in [0.05, 0.1) is 5.75 Å². The van der Waals surface area contributed by atoms with Gasteiger partial charge >= 0.3 is 0 Å². The molecule has 0 fully saturated rings. The molecule has 0 amide bonds. The lowest BCUT2D eigenvalue weighted by Crippen LogP contribution is -2.48. The van der Waals surface area contributed by atoms with Crippen LogP contribution >= 0.6 is 0 Å². The van der Waals surface area contributed by atoms with Crippen LogP contribution in [0.15, 0.2) is 0 Å². The number of nitrogens with one attached hydrogen (secondary N) is 2. The van der Waals surface area contributed by atoms with E-state index in [9.17, 15) is 8.42 Å². The number of nitrogens with zero attached hydrogens (tertiary/aromatic N) is 1. The summed E-state index contributed by atoms with van der Waals surface area (Å²) in [4.78, 5) is 2.00. The van der Waals surface area contributed by atoms with Crippen molar-refractivity contribution in [3.05, 3.63) is 0 Å². The first-order valence-electron chi connectivity index (χ1n) is 5.50. The Kier molecular flexibility index (Phi) is 6.47. The van der Waals surface area contributed by atoms with Crippen molar-refractivity contribution < 1.29 is 8.42 Å². The Morgan fingerprint density at radius 2 is 1.81 bits per heavy atom. The van der Waals surface area contributed by atoms with Crippen molar-refractivity contribution in [3.63, 3.8) is 0 Å². The predicted octanol–water partition coefficient (Wildman–Crippen LogP) is -0.144. The SMILES string of the molecule is CNCCCS(=O)(=O)NCC(C)(C)N(C)C. The van der Waals surface area contributed by atoms with E-state index in [0.717, 1.165) is 6.54 Å². The Balaban J connectivity index is 4.09. The Hall–Kier alpha value is -0.170. The van der Waals surface area contributed by atoms with Gasteiger partial charge in [-0.05, 0) is 48.0 Å². The average Bonchev–Trinajstić information content (AvgIpc) is 2.15. The summed E-state index contributed by atoms with van der Waals surface area (Å²) >= 11 is 0. The molecule has 6 heteroatoms. The normalized spacial score (nSPS) is 13.4. The van der Waals surface area contributed by atoms with Crippen LogP contribution in [0.3, 0.4) is 0 Å². The lowest BCUT2D eigenvalue weighted by molar-refractivity contribution is 0.199. The fourth-order valence-corrected chi connectivity index (χ4v) is 2.20. The number of hydrogen-bond donors (Lipinski definition) is 2. The van der Waals surface area contributed by atoms with E-state index in [1.807, 2.05) is 39.9 Å². The van der Waals surface area contributed by atoms with E-state index in [4.69, 9.17) is 0 Å². The van der Waals surface area contributed by atoms with Crippen LogP contribution in [-0.2, 0) is 10.0 Å². The summed E-state index contributed by atoms with van der Waals surface area (Å²) in [6, 6.07) is 0. The van der Waals surface area contributed by atoms with E-state index in [-0.39, 0.29) is 11.3 Å². The zero-order valence-electron chi connectivity index (χ0n) is 11.0. The molecule has 98 valence electrons. The third kappa shape index (κ3) is 6.42. The molecule has 0 radical (unpaired) electrons. The maximum absolute atomic E-state index is 11.6. The second kappa shape index (κ2) is 6.54. The molecule has 0 unspecified atom stereocenters. The highest BCUT2D eigenvalue weighted by Crippen LogP contribution is 2.08. The van der Waals surface area contributed by atoms with Gasteiger partial charge in [-0.1, -0.05) is 0 Å². The largest absolute Gasteiger partial charge is 0.320 e. The fraction of sp³-hybridized carbons (Fsp3) is 1.00. The molecule has 0 spiro atoms. The predicted molar refractivity (Wildman–Crippen MR) is 68.1 cm³/mol. The third-order valence-corrected chi connectivity index (χ3v) is 4.19. The van der Waals surface area contributed by atoms with Crippen molar-refractivity contribution in [2.24, 2.45) is 0 Å². The summed E-state index contributed by atoms with van der Waals surface area (Å²) in [5.41, 5.74) is -0.171. The molecule has 0 saturated carbocycles. The molecular formula is C10H25N3O2S. The Labute approximate surface area is 99.6 Å². The van der Waals surface area contributed by atoms with E-state index in [2.05, 4.69) is 10.0 Å². The summed E-state index contributed by atoms with van der Waals surface area (Å²) in [6.07, 6.45) is 0.633. The van der Waals surface area contributed by atoms with Crippen LogP contribution in [0.2, 0.25) is 0 Å². The summed E-state index contributed by atoms with van der Waals surface area (Å²) in [6.45, 7) is 5.16. The average molecular weight is 251 g/mol. The molecule has 0 aliphatic heterocycles. The second-order valence-corrected chi connectivity index (χ2v) is 6.73. The van der Waals surface area contributed by atoms with E-state index in [1.54, 1.807) is 0 Å². The minimum absolute atomic E-state index is 0.171. The van der Waals surface area contributed by atoms with Crippen molar-refractivity contribution in [1.29, 1.82) is 0 Å². The molecule has 16 heavy (non-hydrogen) atoms. The molecule has 5 nitrogen and oxygen atoms in total. The standard InChI is InChI=1S/C10H25N3O2S/c1-10(2,13(4)5)9-12-16(14,15)8-6-7-11-3/h11-12H,6-9H2,1-5H3. The topological polar surface area (TPSA) is 61.4 Å². The zero-order chi connectivity index (χ0) is 12.8. The van der Waals surface area contributed by atoms with Crippen molar-refractivity contribution in [2.75, 3.05) is 40.0 Å². The number of likely N-dealkylation sites (N-methyl/N-ethyl adjacent to an activating group) is 1. The first-order chi connectivity index (χ1) is 7.21. The number of rotatable bonds is 8. The van der Waals surface area contributed by atoms with Crippen molar-refractivity contribution in [3.8, 4) is 0 Å². The van der Waals surface area contributed by atoms with Crippen LogP contribution < -0.4 is 10.0 Å². The quantitative estimate of drug-likeness (QED) is 0.589. The summed E-state index contributed by atoms with van der Waals surface area (Å²) in [7, 11) is 2.56. The van der Waals surface area contributed by atoms with Gasteiger partial charge in [0.1, 0.15) is 0 Å². The van der Waals surface area contributed by atoms with E-state index >= 15 is 0 Å². The highest BCUT2D eigenvalue weighted by Gasteiger charge is 2.22. The molecule has 0 aromatic heterocycles. The van der Waals surface area contributed by atoms with Crippen LogP contribution in [0.25, 0.3) is 0 Å². The molecular weight excluding hydrogens is 226 g/mol. The molecule has 0 aliphatic carbocycles. The highest BCUT2D eigenvalue weighted by molar-refractivity contribution is 7.89. The van der Waals surface area contributed by atoms with Gasteiger partial charge in [0, 0.05) is 12.1 Å². The monoisotopic (exact) mass is 251 g/mol. The Bertz CT molecular complexity index is 286. The lowest BCUT2D eigenvalue weighted by atomic mass is 10.1. The van der Waals surface area contributed by atoms with Gasteiger partial charge in [0.25, 0.3) is 0 Å². The minimum atomic E-state index is -3.14.